The number of carbonyl (C=O) groups is 1. The van der Waals surface area contributed by atoms with Crippen molar-refractivity contribution in [1.82, 2.24) is 5.32 Å². The molecular weight excluding hydrogens is 270 g/mol. The fraction of sp³-hybridized carbons (Fsp3) is 0.615. The van der Waals surface area contributed by atoms with Crippen LogP contribution < -0.4 is 5.32 Å². The lowest BCUT2D eigenvalue weighted by Crippen LogP contribution is -2.32. The van der Waals surface area contributed by atoms with Crippen molar-refractivity contribution in [3.05, 3.63) is 21.3 Å². The Morgan fingerprint density at radius 2 is 2.33 bits per heavy atom. The van der Waals surface area contributed by atoms with E-state index in [0.717, 1.165) is 34.9 Å². The molecule has 1 aliphatic carbocycles. The molecule has 0 radical (unpaired) electrons. The van der Waals surface area contributed by atoms with E-state index < -0.39 is 0 Å². The summed E-state index contributed by atoms with van der Waals surface area (Å²) in [7, 11) is 0. The van der Waals surface area contributed by atoms with Gasteiger partial charge in [-0.3, -0.25) is 4.79 Å². The average Bonchev–Trinajstić information content (AvgIpc) is 2.93. The summed E-state index contributed by atoms with van der Waals surface area (Å²) >= 11 is 7.35. The predicted molar refractivity (Wildman–Crippen MR) is 74.0 cm³/mol. The van der Waals surface area contributed by atoms with Crippen LogP contribution in [0.3, 0.4) is 0 Å². The Bertz CT molecular complexity index is 407. The first-order valence-corrected chi connectivity index (χ1v) is 7.53. The van der Waals surface area contributed by atoms with Crippen LogP contribution in [-0.4, -0.2) is 23.7 Å². The molecule has 1 fully saturated rings. The molecule has 0 spiro atoms. The second-order valence-corrected chi connectivity index (χ2v) is 6.57. The van der Waals surface area contributed by atoms with Gasteiger partial charge in [-0.05, 0) is 31.4 Å². The van der Waals surface area contributed by atoms with Crippen molar-refractivity contribution in [2.75, 3.05) is 6.54 Å². The summed E-state index contributed by atoms with van der Waals surface area (Å²) in [6.07, 6.45) is 3.93. The lowest BCUT2D eigenvalue weighted by Gasteiger charge is -2.14. The highest BCUT2D eigenvalue weighted by Gasteiger charge is 2.25. The summed E-state index contributed by atoms with van der Waals surface area (Å²) < 4.78 is 0.763. The van der Waals surface area contributed by atoms with Gasteiger partial charge in [-0.1, -0.05) is 18.0 Å². The van der Waals surface area contributed by atoms with E-state index in [4.69, 9.17) is 11.6 Å². The Balaban J connectivity index is 1.66. The number of nitrogens with one attached hydrogen (secondary N) is 1. The first-order chi connectivity index (χ1) is 8.65. The first-order valence-electron chi connectivity index (χ1n) is 6.34. The van der Waals surface area contributed by atoms with Gasteiger partial charge >= 0.3 is 0 Å². The van der Waals surface area contributed by atoms with Crippen LogP contribution in [0.15, 0.2) is 12.1 Å². The van der Waals surface area contributed by atoms with Crippen LogP contribution in [0.1, 0.15) is 30.6 Å². The van der Waals surface area contributed by atoms with E-state index in [1.165, 1.54) is 11.3 Å². The highest BCUT2D eigenvalue weighted by atomic mass is 35.5. The normalized spacial score (nSPS) is 23.2. The van der Waals surface area contributed by atoms with Crippen LogP contribution in [0.25, 0.3) is 0 Å². The molecule has 5 heteroatoms. The van der Waals surface area contributed by atoms with E-state index in [9.17, 15) is 9.90 Å². The monoisotopic (exact) mass is 287 g/mol. The molecule has 0 unspecified atom stereocenters. The third-order valence-electron chi connectivity index (χ3n) is 3.41. The Labute approximate surface area is 116 Å². The highest BCUT2D eigenvalue weighted by molar-refractivity contribution is 7.16. The molecule has 1 amide bonds. The quantitative estimate of drug-likeness (QED) is 0.875. The van der Waals surface area contributed by atoms with Crippen LogP contribution in [0.5, 0.6) is 0 Å². The van der Waals surface area contributed by atoms with Crippen molar-refractivity contribution in [3.8, 4) is 0 Å². The van der Waals surface area contributed by atoms with Crippen molar-refractivity contribution >= 4 is 28.8 Å². The van der Waals surface area contributed by atoms with E-state index in [1.807, 2.05) is 12.1 Å². The number of aryl methyl sites for hydroxylation is 1. The van der Waals surface area contributed by atoms with Gasteiger partial charge in [0.1, 0.15) is 0 Å². The van der Waals surface area contributed by atoms with E-state index in [2.05, 4.69) is 5.32 Å². The molecule has 0 aliphatic heterocycles. The topological polar surface area (TPSA) is 49.3 Å². The average molecular weight is 288 g/mol. The fourth-order valence-corrected chi connectivity index (χ4v) is 3.40. The van der Waals surface area contributed by atoms with Crippen molar-refractivity contribution < 1.29 is 9.90 Å². The minimum Gasteiger partial charge on any atom is -0.393 e. The lowest BCUT2D eigenvalue weighted by molar-refractivity contribution is -0.121. The number of rotatable bonds is 5. The van der Waals surface area contributed by atoms with E-state index >= 15 is 0 Å². The van der Waals surface area contributed by atoms with Crippen LogP contribution >= 0.6 is 22.9 Å². The minimum atomic E-state index is -0.235. The SMILES string of the molecule is O=C(CCc1ccc(Cl)s1)NC[C@@H]1CCC[C@@H]1O. The number of hydrogen-bond acceptors (Lipinski definition) is 3. The maximum atomic E-state index is 11.7. The van der Waals surface area contributed by atoms with E-state index in [1.54, 1.807) is 0 Å². The Morgan fingerprint density at radius 3 is 2.94 bits per heavy atom. The van der Waals surface area contributed by atoms with Crippen LogP contribution in [-0.2, 0) is 11.2 Å². The lowest BCUT2D eigenvalue weighted by atomic mass is 10.1. The number of carbonyl (C=O) groups excluding carboxylic acids is 1. The Morgan fingerprint density at radius 1 is 1.50 bits per heavy atom. The summed E-state index contributed by atoms with van der Waals surface area (Å²) in [6.45, 7) is 0.602. The standard InChI is InChI=1S/C13H18ClNO2S/c14-12-6-4-10(18-12)5-7-13(17)15-8-9-2-1-3-11(9)16/h4,6,9,11,16H,1-3,5,7-8H2,(H,15,17)/t9-,11-/m0/s1. The number of amides is 1. The van der Waals surface area contributed by atoms with E-state index in [-0.39, 0.29) is 17.9 Å². The van der Waals surface area contributed by atoms with Gasteiger partial charge in [-0.15, -0.1) is 11.3 Å². The molecule has 1 heterocycles. The number of hydrogen-bond donors (Lipinski definition) is 2. The maximum Gasteiger partial charge on any atom is 0.220 e. The molecule has 1 saturated carbocycles. The predicted octanol–water partition coefficient (Wildman–Crippen LogP) is 2.61. The largest absolute Gasteiger partial charge is 0.393 e. The van der Waals surface area contributed by atoms with Crippen molar-refractivity contribution in [2.45, 2.75) is 38.2 Å². The smallest absolute Gasteiger partial charge is 0.220 e. The number of halogens is 1. The van der Waals surface area contributed by atoms with Crippen LogP contribution in [0.2, 0.25) is 4.34 Å². The molecule has 2 atom stereocenters. The molecule has 0 saturated heterocycles. The third-order valence-corrected chi connectivity index (χ3v) is 4.70. The molecular formula is C13H18ClNO2S. The first kappa shape index (κ1) is 13.8. The number of aliphatic hydroxyl groups excluding tert-OH is 1. The van der Waals surface area contributed by atoms with Gasteiger partial charge < -0.3 is 10.4 Å². The number of aliphatic hydroxyl groups is 1. The van der Waals surface area contributed by atoms with Crippen molar-refractivity contribution in [3.63, 3.8) is 0 Å². The van der Waals surface area contributed by atoms with Gasteiger partial charge in [-0.2, -0.15) is 0 Å². The van der Waals surface area contributed by atoms with E-state index in [0.29, 0.717) is 13.0 Å². The van der Waals surface area contributed by atoms with Gasteiger partial charge in [0.2, 0.25) is 5.91 Å². The number of thiophene rings is 1. The zero-order valence-corrected chi connectivity index (χ0v) is 11.8. The van der Waals surface area contributed by atoms with Crippen molar-refractivity contribution in [2.24, 2.45) is 5.92 Å². The Kier molecular flexibility index (Phi) is 5.03. The maximum absolute atomic E-state index is 11.7. The minimum absolute atomic E-state index is 0.0543. The molecule has 0 aromatic carbocycles. The van der Waals surface area contributed by atoms with Gasteiger partial charge in [0, 0.05) is 23.8 Å². The van der Waals surface area contributed by atoms with Gasteiger partial charge in [0.05, 0.1) is 10.4 Å². The van der Waals surface area contributed by atoms with Gasteiger partial charge in [0.25, 0.3) is 0 Å². The molecule has 1 aromatic heterocycles. The third kappa shape index (κ3) is 3.97. The van der Waals surface area contributed by atoms with Gasteiger partial charge in [-0.25, -0.2) is 0 Å². The fourth-order valence-electron chi connectivity index (χ4n) is 2.31. The summed E-state index contributed by atoms with van der Waals surface area (Å²) in [5.41, 5.74) is 0. The van der Waals surface area contributed by atoms with Crippen LogP contribution in [0.4, 0.5) is 0 Å². The molecule has 18 heavy (non-hydrogen) atoms. The summed E-state index contributed by atoms with van der Waals surface area (Å²) in [5.74, 6) is 0.295. The summed E-state index contributed by atoms with van der Waals surface area (Å²) in [5, 5.41) is 12.6. The zero-order chi connectivity index (χ0) is 13.0. The molecule has 1 aromatic rings. The zero-order valence-electron chi connectivity index (χ0n) is 10.2. The van der Waals surface area contributed by atoms with Gasteiger partial charge in [0.15, 0.2) is 0 Å². The molecule has 100 valence electrons. The second-order valence-electron chi connectivity index (χ2n) is 4.77. The van der Waals surface area contributed by atoms with Crippen LogP contribution in [0, 0.1) is 5.92 Å². The Hall–Kier alpha value is -0.580. The molecule has 1 aliphatic rings. The second kappa shape index (κ2) is 6.55. The molecule has 2 rings (SSSR count). The molecule has 0 bridgehead atoms. The summed E-state index contributed by atoms with van der Waals surface area (Å²) in [6, 6.07) is 3.81. The highest BCUT2D eigenvalue weighted by Crippen LogP contribution is 2.25. The molecule has 3 nitrogen and oxygen atoms in total. The molecule has 2 N–H and O–H groups in total. The van der Waals surface area contributed by atoms with Crippen molar-refractivity contribution in [1.29, 1.82) is 0 Å². The summed E-state index contributed by atoms with van der Waals surface area (Å²) in [4.78, 5) is 12.8.